The van der Waals surface area contributed by atoms with Gasteiger partial charge in [-0.3, -0.25) is 0 Å². The second kappa shape index (κ2) is 6.86. The first-order chi connectivity index (χ1) is 7.67. The summed E-state index contributed by atoms with van der Waals surface area (Å²) in [6, 6.07) is 7.53. The predicted octanol–water partition coefficient (Wildman–Crippen LogP) is 2.39. The molecule has 1 aromatic carbocycles. The lowest BCUT2D eigenvalue weighted by molar-refractivity contribution is -0.0362. The molecule has 0 aliphatic carbocycles. The Morgan fingerprint density at radius 2 is 1.94 bits per heavy atom. The molecule has 0 aliphatic rings. The number of hydrogen-bond acceptors (Lipinski definition) is 3. The maximum atomic E-state index is 5.82. The molecule has 2 unspecified atom stereocenters. The Balaban J connectivity index is 2.63. The van der Waals surface area contributed by atoms with Crippen molar-refractivity contribution in [2.75, 3.05) is 20.3 Å². The van der Waals surface area contributed by atoms with Gasteiger partial charge in [0, 0.05) is 18.7 Å². The molecule has 0 aromatic heterocycles. The summed E-state index contributed by atoms with van der Waals surface area (Å²) in [6.07, 6.45) is -0.0864. The van der Waals surface area contributed by atoms with Gasteiger partial charge >= 0.3 is 0 Å². The quantitative estimate of drug-likeness (QED) is 0.835. The number of nitrogens with two attached hydrogens (primary N) is 1. The molecular formula is C12H18ClNO2. The highest BCUT2D eigenvalue weighted by molar-refractivity contribution is 6.30. The first kappa shape index (κ1) is 13.5. The third-order valence-corrected chi connectivity index (χ3v) is 2.51. The molecule has 90 valence electrons. The Bertz CT molecular complexity index is 302. The van der Waals surface area contributed by atoms with Crippen molar-refractivity contribution >= 4 is 11.6 Å². The summed E-state index contributed by atoms with van der Waals surface area (Å²) in [5, 5.41) is 0.712. The lowest BCUT2D eigenvalue weighted by atomic mass is 10.1. The van der Waals surface area contributed by atoms with Crippen LogP contribution in [0.1, 0.15) is 18.6 Å². The normalized spacial score (nSPS) is 14.8. The van der Waals surface area contributed by atoms with Crippen molar-refractivity contribution in [1.29, 1.82) is 0 Å². The van der Waals surface area contributed by atoms with Gasteiger partial charge in [0.1, 0.15) is 0 Å². The number of ether oxygens (including phenoxy) is 2. The van der Waals surface area contributed by atoms with Gasteiger partial charge in [0.2, 0.25) is 0 Å². The first-order valence-electron chi connectivity index (χ1n) is 5.27. The Labute approximate surface area is 101 Å². The second-order valence-electron chi connectivity index (χ2n) is 3.68. The number of rotatable bonds is 6. The molecule has 16 heavy (non-hydrogen) atoms. The molecule has 2 N–H and O–H groups in total. The van der Waals surface area contributed by atoms with Gasteiger partial charge in [-0.1, -0.05) is 23.7 Å². The van der Waals surface area contributed by atoms with Crippen LogP contribution in [0.4, 0.5) is 0 Å². The van der Waals surface area contributed by atoms with Gasteiger partial charge in [-0.15, -0.1) is 0 Å². The van der Waals surface area contributed by atoms with Crippen molar-refractivity contribution in [1.82, 2.24) is 0 Å². The van der Waals surface area contributed by atoms with E-state index < -0.39 is 0 Å². The molecule has 4 heteroatoms. The monoisotopic (exact) mass is 243 g/mol. The predicted molar refractivity (Wildman–Crippen MR) is 65.7 cm³/mol. The third-order valence-electron chi connectivity index (χ3n) is 2.25. The van der Waals surface area contributed by atoms with Crippen LogP contribution in [0.5, 0.6) is 0 Å². The number of hydrogen-bond donors (Lipinski definition) is 1. The van der Waals surface area contributed by atoms with E-state index in [2.05, 4.69) is 0 Å². The van der Waals surface area contributed by atoms with E-state index in [1.54, 1.807) is 7.11 Å². The summed E-state index contributed by atoms with van der Waals surface area (Å²) in [6.45, 7) is 2.96. The highest BCUT2D eigenvalue weighted by atomic mass is 35.5. The Morgan fingerprint density at radius 1 is 1.31 bits per heavy atom. The van der Waals surface area contributed by atoms with Crippen LogP contribution >= 0.6 is 11.6 Å². The van der Waals surface area contributed by atoms with E-state index >= 15 is 0 Å². The molecule has 2 atom stereocenters. The van der Waals surface area contributed by atoms with Crippen LogP contribution < -0.4 is 5.73 Å². The molecule has 1 rings (SSSR count). The van der Waals surface area contributed by atoms with Gasteiger partial charge in [0.05, 0.1) is 18.8 Å². The maximum absolute atomic E-state index is 5.82. The molecule has 0 heterocycles. The molecule has 0 saturated heterocycles. The highest BCUT2D eigenvalue weighted by Crippen LogP contribution is 2.20. The summed E-state index contributed by atoms with van der Waals surface area (Å²) in [5.74, 6) is 0. The van der Waals surface area contributed by atoms with E-state index in [1.165, 1.54) is 0 Å². The topological polar surface area (TPSA) is 44.5 Å². The van der Waals surface area contributed by atoms with Gasteiger partial charge in [-0.2, -0.15) is 0 Å². The van der Waals surface area contributed by atoms with Gasteiger partial charge in [0.15, 0.2) is 0 Å². The Hall–Kier alpha value is -0.610. The molecule has 0 saturated carbocycles. The molecule has 0 spiro atoms. The summed E-state index contributed by atoms with van der Waals surface area (Å²) in [4.78, 5) is 0. The molecular weight excluding hydrogens is 226 g/mol. The number of halogens is 1. The van der Waals surface area contributed by atoms with Crippen LogP contribution in [0.3, 0.4) is 0 Å². The third kappa shape index (κ3) is 4.10. The minimum absolute atomic E-state index is 0.0224. The van der Waals surface area contributed by atoms with Crippen molar-refractivity contribution < 1.29 is 9.47 Å². The van der Waals surface area contributed by atoms with Crippen LogP contribution in [-0.4, -0.2) is 26.4 Å². The standard InChI is InChI=1S/C12H18ClNO2/c1-9(8-15-2)16-12(7-14)10-3-5-11(13)6-4-10/h3-6,9,12H,7-8,14H2,1-2H3. The van der Waals surface area contributed by atoms with Crippen molar-refractivity contribution in [2.24, 2.45) is 5.73 Å². The minimum atomic E-state index is -0.109. The van der Waals surface area contributed by atoms with Gasteiger partial charge in [-0.25, -0.2) is 0 Å². The molecule has 0 radical (unpaired) electrons. The van der Waals surface area contributed by atoms with Crippen molar-refractivity contribution in [3.05, 3.63) is 34.9 Å². The summed E-state index contributed by atoms with van der Waals surface area (Å²) >= 11 is 5.82. The second-order valence-corrected chi connectivity index (χ2v) is 4.11. The van der Waals surface area contributed by atoms with E-state index in [0.717, 1.165) is 5.56 Å². The summed E-state index contributed by atoms with van der Waals surface area (Å²) < 4.78 is 10.8. The fourth-order valence-corrected chi connectivity index (χ4v) is 1.63. The largest absolute Gasteiger partial charge is 0.382 e. The van der Waals surface area contributed by atoms with Gasteiger partial charge in [0.25, 0.3) is 0 Å². The smallest absolute Gasteiger partial charge is 0.0951 e. The number of benzene rings is 1. The maximum Gasteiger partial charge on any atom is 0.0951 e. The van der Waals surface area contributed by atoms with E-state index in [1.807, 2.05) is 31.2 Å². The lowest BCUT2D eigenvalue weighted by Gasteiger charge is -2.21. The zero-order valence-corrected chi connectivity index (χ0v) is 10.4. The van der Waals surface area contributed by atoms with Crippen LogP contribution in [0.15, 0.2) is 24.3 Å². The molecule has 0 fully saturated rings. The van der Waals surface area contributed by atoms with Crippen molar-refractivity contribution in [2.45, 2.75) is 19.1 Å². The zero-order chi connectivity index (χ0) is 12.0. The Kier molecular flexibility index (Phi) is 5.77. The fraction of sp³-hybridized carbons (Fsp3) is 0.500. The van der Waals surface area contributed by atoms with E-state index in [9.17, 15) is 0 Å². The average Bonchev–Trinajstić information content (AvgIpc) is 2.27. The molecule has 1 aromatic rings. The van der Waals surface area contributed by atoms with Crippen molar-refractivity contribution in [3.63, 3.8) is 0 Å². The lowest BCUT2D eigenvalue weighted by Crippen LogP contribution is -2.23. The van der Waals surface area contributed by atoms with E-state index in [4.69, 9.17) is 26.8 Å². The van der Waals surface area contributed by atoms with Crippen LogP contribution in [0.2, 0.25) is 5.02 Å². The molecule has 0 amide bonds. The summed E-state index contributed by atoms with van der Waals surface area (Å²) in [7, 11) is 1.65. The average molecular weight is 244 g/mol. The molecule has 3 nitrogen and oxygen atoms in total. The van der Waals surface area contributed by atoms with E-state index in [-0.39, 0.29) is 12.2 Å². The SMILES string of the molecule is COCC(C)OC(CN)c1ccc(Cl)cc1. The number of methoxy groups -OCH3 is 1. The van der Waals surface area contributed by atoms with E-state index in [0.29, 0.717) is 18.2 Å². The first-order valence-corrected chi connectivity index (χ1v) is 5.65. The van der Waals surface area contributed by atoms with Crippen LogP contribution in [0, 0.1) is 0 Å². The van der Waals surface area contributed by atoms with Crippen molar-refractivity contribution in [3.8, 4) is 0 Å². The fourth-order valence-electron chi connectivity index (χ4n) is 1.50. The zero-order valence-electron chi connectivity index (χ0n) is 9.65. The molecule has 0 bridgehead atoms. The van der Waals surface area contributed by atoms with Crippen LogP contribution in [0.25, 0.3) is 0 Å². The Morgan fingerprint density at radius 3 is 2.44 bits per heavy atom. The van der Waals surface area contributed by atoms with Crippen LogP contribution in [-0.2, 0) is 9.47 Å². The molecule has 0 aliphatic heterocycles. The minimum Gasteiger partial charge on any atom is -0.382 e. The summed E-state index contributed by atoms with van der Waals surface area (Å²) in [5.41, 5.74) is 6.73. The van der Waals surface area contributed by atoms with Gasteiger partial charge < -0.3 is 15.2 Å². The highest BCUT2D eigenvalue weighted by Gasteiger charge is 2.13. The van der Waals surface area contributed by atoms with Gasteiger partial charge in [-0.05, 0) is 24.6 Å².